The van der Waals surface area contributed by atoms with E-state index in [2.05, 4.69) is 14.9 Å². The van der Waals surface area contributed by atoms with Gasteiger partial charge in [0.05, 0.1) is 23.1 Å². The van der Waals surface area contributed by atoms with E-state index in [1.54, 1.807) is 38.1 Å². The van der Waals surface area contributed by atoms with Crippen molar-refractivity contribution in [2.45, 2.75) is 51.7 Å². The summed E-state index contributed by atoms with van der Waals surface area (Å²) in [7, 11) is -3.37. The number of nitrogens with one attached hydrogen (secondary N) is 2. The van der Waals surface area contributed by atoms with E-state index in [9.17, 15) is 12.8 Å². The number of nitrogens with zero attached hydrogens (tertiary/aromatic N) is 1. The average Bonchev–Trinajstić information content (AvgIpc) is 2.67. The Hall–Kier alpha value is -2.32. The van der Waals surface area contributed by atoms with Gasteiger partial charge in [-0.15, -0.1) is 0 Å². The van der Waals surface area contributed by atoms with Crippen LogP contribution in [0.4, 0.5) is 21.5 Å². The average molecular weight is 436 g/mol. The SMILES string of the molecule is CC(C)S(=O)(=O)Nc1ccc(CNc2ccc(N3C[C@@H](C)O[C@@H](C)C3)cc2F)cc1. The van der Waals surface area contributed by atoms with Crippen molar-refractivity contribution in [3.8, 4) is 0 Å². The highest BCUT2D eigenvalue weighted by Crippen LogP contribution is 2.25. The molecule has 2 aromatic rings. The number of hydrogen-bond donors (Lipinski definition) is 2. The summed E-state index contributed by atoms with van der Waals surface area (Å²) < 4.78 is 46.8. The quantitative estimate of drug-likeness (QED) is 0.682. The largest absolute Gasteiger partial charge is 0.379 e. The smallest absolute Gasteiger partial charge is 0.235 e. The number of ether oxygens (including phenoxy) is 1. The van der Waals surface area contributed by atoms with Gasteiger partial charge in [0.2, 0.25) is 10.0 Å². The zero-order valence-electron chi connectivity index (χ0n) is 17.9. The third kappa shape index (κ3) is 5.64. The van der Waals surface area contributed by atoms with Crippen molar-refractivity contribution in [1.29, 1.82) is 0 Å². The van der Waals surface area contributed by atoms with Crippen LogP contribution in [0, 0.1) is 5.82 Å². The molecular weight excluding hydrogens is 405 g/mol. The van der Waals surface area contributed by atoms with Gasteiger partial charge in [-0.05, 0) is 63.6 Å². The fourth-order valence-corrected chi connectivity index (χ4v) is 4.10. The third-order valence-electron chi connectivity index (χ3n) is 5.06. The van der Waals surface area contributed by atoms with E-state index in [1.807, 2.05) is 32.0 Å². The Morgan fingerprint density at radius 1 is 1.10 bits per heavy atom. The highest BCUT2D eigenvalue weighted by molar-refractivity contribution is 7.93. The molecule has 0 bridgehead atoms. The van der Waals surface area contributed by atoms with Gasteiger partial charge in [-0.25, -0.2) is 12.8 Å². The molecule has 1 fully saturated rings. The van der Waals surface area contributed by atoms with Gasteiger partial charge in [0.15, 0.2) is 0 Å². The first-order chi connectivity index (χ1) is 14.1. The predicted octanol–water partition coefficient (Wildman–Crippen LogP) is 4.20. The summed E-state index contributed by atoms with van der Waals surface area (Å²) in [5.41, 5.74) is 2.71. The van der Waals surface area contributed by atoms with Crippen LogP contribution in [0.1, 0.15) is 33.3 Å². The van der Waals surface area contributed by atoms with Gasteiger partial charge in [-0.2, -0.15) is 0 Å². The minimum Gasteiger partial charge on any atom is -0.379 e. The lowest BCUT2D eigenvalue weighted by Gasteiger charge is -2.37. The molecule has 2 aromatic carbocycles. The molecule has 1 saturated heterocycles. The second-order valence-corrected chi connectivity index (χ2v) is 10.3. The molecule has 3 rings (SSSR count). The number of rotatable bonds is 7. The van der Waals surface area contributed by atoms with Gasteiger partial charge in [0, 0.05) is 31.0 Å². The van der Waals surface area contributed by atoms with Crippen LogP contribution in [0.2, 0.25) is 0 Å². The molecule has 8 heteroatoms. The van der Waals surface area contributed by atoms with Crippen LogP contribution in [-0.2, 0) is 21.3 Å². The van der Waals surface area contributed by atoms with Crippen LogP contribution in [0.3, 0.4) is 0 Å². The van der Waals surface area contributed by atoms with Crippen molar-refractivity contribution in [2.24, 2.45) is 0 Å². The maximum atomic E-state index is 14.6. The molecule has 30 heavy (non-hydrogen) atoms. The minimum atomic E-state index is -3.37. The lowest BCUT2D eigenvalue weighted by atomic mass is 10.1. The highest BCUT2D eigenvalue weighted by Gasteiger charge is 2.23. The predicted molar refractivity (Wildman–Crippen MR) is 120 cm³/mol. The van der Waals surface area contributed by atoms with Crippen molar-refractivity contribution in [3.05, 3.63) is 53.8 Å². The van der Waals surface area contributed by atoms with Crippen LogP contribution in [0.25, 0.3) is 0 Å². The number of hydrogen-bond acceptors (Lipinski definition) is 5. The molecule has 0 saturated carbocycles. The van der Waals surface area contributed by atoms with Crippen LogP contribution in [0.15, 0.2) is 42.5 Å². The van der Waals surface area contributed by atoms with E-state index in [0.717, 1.165) is 24.3 Å². The van der Waals surface area contributed by atoms with Gasteiger partial charge in [0.25, 0.3) is 0 Å². The summed E-state index contributed by atoms with van der Waals surface area (Å²) in [6.07, 6.45) is 0.227. The summed E-state index contributed by atoms with van der Waals surface area (Å²) >= 11 is 0. The molecule has 6 nitrogen and oxygen atoms in total. The number of morpholine rings is 1. The monoisotopic (exact) mass is 435 g/mol. The molecule has 164 valence electrons. The molecule has 0 unspecified atom stereocenters. The van der Waals surface area contributed by atoms with Crippen molar-refractivity contribution in [2.75, 3.05) is 28.0 Å². The Morgan fingerprint density at radius 3 is 2.30 bits per heavy atom. The number of sulfonamides is 1. The van der Waals surface area contributed by atoms with Crippen LogP contribution in [0.5, 0.6) is 0 Å². The van der Waals surface area contributed by atoms with Crippen molar-refractivity contribution in [3.63, 3.8) is 0 Å². The van der Waals surface area contributed by atoms with Gasteiger partial charge in [-0.1, -0.05) is 12.1 Å². The Morgan fingerprint density at radius 2 is 1.73 bits per heavy atom. The fraction of sp³-hybridized carbons (Fsp3) is 0.455. The zero-order chi connectivity index (χ0) is 21.9. The molecule has 1 heterocycles. The molecule has 2 atom stereocenters. The molecule has 0 radical (unpaired) electrons. The van der Waals surface area contributed by atoms with Crippen molar-refractivity contribution < 1.29 is 17.5 Å². The third-order valence-corrected chi connectivity index (χ3v) is 6.82. The second-order valence-electron chi connectivity index (χ2n) is 8.07. The molecule has 0 spiro atoms. The minimum absolute atomic E-state index is 0.114. The first-order valence-electron chi connectivity index (χ1n) is 10.2. The first kappa shape index (κ1) is 22.4. The summed E-state index contributed by atoms with van der Waals surface area (Å²) in [4.78, 5) is 2.14. The topological polar surface area (TPSA) is 70.7 Å². The molecule has 2 N–H and O–H groups in total. The van der Waals surface area contributed by atoms with E-state index in [4.69, 9.17) is 4.74 Å². The summed E-state index contributed by atoms with van der Waals surface area (Å²) in [6, 6.07) is 12.3. The zero-order valence-corrected chi connectivity index (χ0v) is 18.7. The van der Waals surface area contributed by atoms with Gasteiger partial charge < -0.3 is 15.0 Å². The molecule has 0 aromatic heterocycles. The van der Waals surface area contributed by atoms with E-state index in [-0.39, 0.29) is 18.0 Å². The van der Waals surface area contributed by atoms with E-state index < -0.39 is 15.3 Å². The standard InChI is InChI=1S/C22H30FN3O3S/c1-15(2)30(27,28)25-19-7-5-18(6-8-19)12-24-22-10-9-20(11-21(22)23)26-13-16(3)29-17(4)14-26/h5-11,15-17,24-25H,12-14H2,1-4H3/t16-,17+. The molecule has 1 aliphatic heterocycles. The Labute approximate surface area is 178 Å². The number of anilines is 3. The number of benzene rings is 2. The van der Waals surface area contributed by atoms with Crippen LogP contribution < -0.4 is 14.9 Å². The van der Waals surface area contributed by atoms with Gasteiger partial charge >= 0.3 is 0 Å². The Kier molecular flexibility index (Phi) is 6.88. The van der Waals surface area contributed by atoms with Crippen molar-refractivity contribution >= 4 is 27.1 Å². The molecule has 1 aliphatic rings. The molecular formula is C22H30FN3O3S. The maximum absolute atomic E-state index is 14.6. The fourth-order valence-electron chi connectivity index (χ4n) is 3.40. The second kappa shape index (κ2) is 9.22. The van der Waals surface area contributed by atoms with Gasteiger partial charge in [0.1, 0.15) is 5.82 Å². The molecule has 0 aliphatic carbocycles. The van der Waals surface area contributed by atoms with E-state index >= 15 is 0 Å². The van der Waals surface area contributed by atoms with Gasteiger partial charge in [-0.3, -0.25) is 4.72 Å². The summed E-state index contributed by atoms with van der Waals surface area (Å²) in [6.45, 7) is 9.20. The number of halogens is 1. The maximum Gasteiger partial charge on any atom is 0.235 e. The highest BCUT2D eigenvalue weighted by atomic mass is 32.2. The summed E-state index contributed by atoms with van der Waals surface area (Å²) in [5.74, 6) is -0.305. The van der Waals surface area contributed by atoms with E-state index in [1.165, 1.54) is 0 Å². The lowest BCUT2D eigenvalue weighted by molar-refractivity contribution is -0.00523. The van der Waals surface area contributed by atoms with Crippen LogP contribution in [-0.4, -0.2) is 39.0 Å². The van der Waals surface area contributed by atoms with Crippen molar-refractivity contribution in [1.82, 2.24) is 0 Å². The summed E-state index contributed by atoms with van der Waals surface area (Å²) in [5, 5.41) is 2.60. The lowest BCUT2D eigenvalue weighted by Crippen LogP contribution is -2.45. The first-order valence-corrected chi connectivity index (χ1v) is 11.7. The molecule has 0 amide bonds. The van der Waals surface area contributed by atoms with Crippen LogP contribution >= 0.6 is 0 Å². The Bertz CT molecular complexity index is 954. The van der Waals surface area contributed by atoms with E-state index in [0.29, 0.717) is 17.9 Å². The normalized spacial score (nSPS) is 19.7. The Balaban J connectivity index is 1.61.